The fourth-order valence-electron chi connectivity index (χ4n) is 1.95. The molecule has 0 radical (unpaired) electrons. The van der Waals surface area contributed by atoms with E-state index in [-0.39, 0.29) is 10.9 Å². The van der Waals surface area contributed by atoms with Crippen molar-refractivity contribution in [1.29, 1.82) is 0 Å². The Bertz CT molecular complexity index is 441. The molecule has 1 heterocycles. The molecule has 2 nitrogen and oxygen atoms in total. The van der Waals surface area contributed by atoms with Gasteiger partial charge in [-0.2, -0.15) is 0 Å². The predicted octanol–water partition coefficient (Wildman–Crippen LogP) is 3.34. The second-order valence-electron chi connectivity index (χ2n) is 4.19. The Balaban J connectivity index is 2.12. The summed E-state index contributed by atoms with van der Waals surface area (Å²) in [5, 5.41) is 0.896. The van der Waals surface area contributed by atoms with E-state index in [1.165, 1.54) is 18.2 Å². The summed E-state index contributed by atoms with van der Waals surface area (Å²) in [4.78, 5) is 13.9. The van der Waals surface area contributed by atoms with Gasteiger partial charge in [0.25, 0.3) is 5.91 Å². The lowest BCUT2D eigenvalue weighted by Crippen LogP contribution is -2.28. The van der Waals surface area contributed by atoms with Crippen molar-refractivity contribution in [2.45, 2.75) is 6.42 Å². The Labute approximate surface area is 113 Å². The number of alkyl halides is 1. The van der Waals surface area contributed by atoms with Crippen LogP contribution >= 0.6 is 27.5 Å². The average molecular weight is 321 g/mol. The number of nitrogens with zero attached hydrogens (tertiary/aromatic N) is 1. The highest BCUT2D eigenvalue weighted by Gasteiger charge is 2.26. The molecule has 17 heavy (non-hydrogen) atoms. The zero-order valence-corrected chi connectivity index (χ0v) is 11.5. The van der Waals surface area contributed by atoms with Crippen molar-refractivity contribution >= 4 is 33.4 Å². The molecule has 1 aliphatic heterocycles. The van der Waals surface area contributed by atoms with Crippen molar-refractivity contribution in [3.05, 3.63) is 34.6 Å². The molecule has 1 aromatic carbocycles. The van der Waals surface area contributed by atoms with Gasteiger partial charge in [0, 0.05) is 24.0 Å². The van der Waals surface area contributed by atoms with Crippen molar-refractivity contribution in [3.63, 3.8) is 0 Å². The molecule has 92 valence electrons. The summed E-state index contributed by atoms with van der Waals surface area (Å²) in [5.74, 6) is -0.0619. The minimum Gasteiger partial charge on any atom is -0.338 e. The Morgan fingerprint density at radius 3 is 2.94 bits per heavy atom. The third-order valence-corrected chi connectivity index (χ3v) is 4.16. The molecule has 5 heteroatoms. The first-order valence-electron chi connectivity index (χ1n) is 5.42. The molecule has 1 saturated heterocycles. The normalized spacial score (nSPS) is 19.7. The van der Waals surface area contributed by atoms with Gasteiger partial charge in [0.05, 0.1) is 5.02 Å². The summed E-state index contributed by atoms with van der Waals surface area (Å²) in [6.45, 7) is 1.50. The molecule has 1 aromatic rings. The Morgan fingerprint density at radius 1 is 1.59 bits per heavy atom. The number of hydrogen-bond acceptors (Lipinski definition) is 1. The maximum atomic E-state index is 13.0. The summed E-state index contributed by atoms with van der Waals surface area (Å²) >= 11 is 9.09. The van der Waals surface area contributed by atoms with Gasteiger partial charge in [0.1, 0.15) is 5.82 Å². The van der Waals surface area contributed by atoms with Crippen LogP contribution in [-0.4, -0.2) is 29.2 Å². The topological polar surface area (TPSA) is 20.3 Å². The molecule has 1 atom stereocenters. The molecule has 1 fully saturated rings. The van der Waals surface area contributed by atoms with Crippen molar-refractivity contribution in [2.24, 2.45) is 5.92 Å². The SMILES string of the molecule is O=C(c1ccc(F)c(Cl)c1)N1CCC(CBr)C1. The van der Waals surface area contributed by atoms with Crippen LogP contribution in [-0.2, 0) is 0 Å². The number of benzene rings is 1. The monoisotopic (exact) mass is 319 g/mol. The molecule has 2 rings (SSSR count). The highest BCUT2D eigenvalue weighted by Crippen LogP contribution is 2.22. The zero-order chi connectivity index (χ0) is 12.4. The van der Waals surface area contributed by atoms with Crippen LogP contribution in [0, 0.1) is 11.7 Å². The Morgan fingerprint density at radius 2 is 2.35 bits per heavy atom. The predicted molar refractivity (Wildman–Crippen MR) is 69.2 cm³/mol. The van der Waals surface area contributed by atoms with Crippen LogP contribution in [0.15, 0.2) is 18.2 Å². The second kappa shape index (κ2) is 5.36. The number of halogens is 3. The van der Waals surface area contributed by atoms with Gasteiger partial charge in [0.15, 0.2) is 0 Å². The van der Waals surface area contributed by atoms with Gasteiger partial charge in [-0.05, 0) is 30.5 Å². The van der Waals surface area contributed by atoms with E-state index < -0.39 is 5.82 Å². The van der Waals surface area contributed by atoms with Gasteiger partial charge in [0.2, 0.25) is 0 Å². The van der Waals surface area contributed by atoms with E-state index in [1.54, 1.807) is 4.90 Å². The van der Waals surface area contributed by atoms with Gasteiger partial charge in [-0.1, -0.05) is 27.5 Å². The maximum Gasteiger partial charge on any atom is 0.253 e. The van der Waals surface area contributed by atoms with Crippen LogP contribution in [0.2, 0.25) is 5.02 Å². The number of rotatable bonds is 2. The van der Waals surface area contributed by atoms with Crippen LogP contribution < -0.4 is 0 Å². The minimum absolute atomic E-state index is 0.00733. The van der Waals surface area contributed by atoms with E-state index in [1.807, 2.05) is 0 Å². The van der Waals surface area contributed by atoms with Crippen molar-refractivity contribution < 1.29 is 9.18 Å². The first-order valence-corrected chi connectivity index (χ1v) is 6.92. The number of carbonyl (C=O) groups is 1. The van der Waals surface area contributed by atoms with Crippen LogP contribution in [0.25, 0.3) is 0 Å². The fourth-order valence-corrected chi connectivity index (χ4v) is 2.66. The molecular weight excluding hydrogens is 308 g/mol. The standard InChI is InChI=1S/C12H12BrClFNO/c13-6-8-3-4-16(7-8)12(17)9-1-2-11(15)10(14)5-9/h1-2,5,8H,3-4,6-7H2. The Kier molecular flexibility index (Phi) is 4.05. The smallest absolute Gasteiger partial charge is 0.253 e. The van der Waals surface area contributed by atoms with Crippen molar-refractivity contribution in [2.75, 3.05) is 18.4 Å². The van der Waals surface area contributed by atoms with Crippen LogP contribution in [0.5, 0.6) is 0 Å². The van der Waals surface area contributed by atoms with Gasteiger partial charge in [-0.15, -0.1) is 0 Å². The third kappa shape index (κ3) is 2.80. The molecule has 1 amide bonds. The lowest BCUT2D eigenvalue weighted by atomic mass is 10.2. The van der Waals surface area contributed by atoms with E-state index in [0.717, 1.165) is 24.8 Å². The number of likely N-dealkylation sites (tertiary alicyclic amines) is 1. The van der Waals surface area contributed by atoms with Crippen LogP contribution in [0.4, 0.5) is 4.39 Å². The molecule has 0 bridgehead atoms. The largest absolute Gasteiger partial charge is 0.338 e. The molecule has 0 saturated carbocycles. The molecule has 0 aromatic heterocycles. The third-order valence-electron chi connectivity index (χ3n) is 2.96. The molecule has 0 N–H and O–H groups in total. The van der Waals surface area contributed by atoms with Gasteiger partial charge >= 0.3 is 0 Å². The molecule has 1 unspecified atom stereocenters. The average Bonchev–Trinajstić information content (AvgIpc) is 2.80. The molecule has 1 aliphatic rings. The molecule has 0 spiro atoms. The zero-order valence-electron chi connectivity index (χ0n) is 9.13. The highest BCUT2D eigenvalue weighted by atomic mass is 79.9. The molecule has 0 aliphatic carbocycles. The van der Waals surface area contributed by atoms with Crippen molar-refractivity contribution in [1.82, 2.24) is 4.90 Å². The maximum absolute atomic E-state index is 13.0. The first-order chi connectivity index (χ1) is 8.11. The number of hydrogen-bond donors (Lipinski definition) is 0. The number of carbonyl (C=O) groups excluding carboxylic acids is 1. The summed E-state index contributed by atoms with van der Waals surface area (Å²) in [7, 11) is 0. The lowest BCUT2D eigenvalue weighted by molar-refractivity contribution is 0.0788. The highest BCUT2D eigenvalue weighted by molar-refractivity contribution is 9.09. The molecular formula is C12H12BrClFNO. The lowest BCUT2D eigenvalue weighted by Gasteiger charge is -2.16. The van der Waals surface area contributed by atoms with E-state index in [4.69, 9.17) is 11.6 Å². The van der Waals surface area contributed by atoms with E-state index in [9.17, 15) is 9.18 Å². The van der Waals surface area contributed by atoms with Gasteiger partial charge in [-0.25, -0.2) is 4.39 Å². The van der Waals surface area contributed by atoms with Gasteiger partial charge < -0.3 is 4.90 Å². The number of amides is 1. The Hall–Kier alpha value is -0.610. The van der Waals surface area contributed by atoms with E-state index in [2.05, 4.69) is 15.9 Å². The first kappa shape index (κ1) is 12.8. The van der Waals surface area contributed by atoms with Gasteiger partial charge in [-0.3, -0.25) is 4.79 Å². The summed E-state index contributed by atoms with van der Waals surface area (Å²) in [6.07, 6.45) is 1.01. The van der Waals surface area contributed by atoms with Crippen molar-refractivity contribution in [3.8, 4) is 0 Å². The quantitative estimate of drug-likeness (QED) is 0.765. The van der Waals surface area contributed by atoms with E-state index in [0.29, 0.717) is 11.5 Å². The minimum atomic E-state index is -0.497. The summed E-state index contributed by atoms with van der Waals surface area (Å²) in [6, 6.07) is 4.10. The second-order valence-corrected chi connectivity index (χ2v) is 5.24. The summed E-state index contributed by atoms with van der Waals surface area (Å²) < 4.78 is 13.0. The summed E-state index contributed by atoms with van der Waals surface area (Å²) in [5.41, 5.74) is 0.451. The fraction of sp³-hybridized carbons (Fsp3) is 0.417. The van der Waals surface area contributed by atoms with E-state index >= 15 is 0 Å². The van der Waals surface area contributed by atoms with Crippen LogP contribution in [0.3, 0.4) is 0 Å². The van der Waals surface area contributed by atoms with Crippen LogP contribution in [0.1, 0.15) is 16.8 Å².